The van der Waals surface area contributed by atoms with E-state index in [0.717, 1.165) is 74.5 Å². The number of fused-ring (bicyclic) bond motifs is 14. The summed E-state index contributed by atoms with van der Waals surface area (Å²) >= 11 is 0. The lowest BCUT2D eigenvalue weighted by Gasteiger charge is -2.40. The Morgan fingerprint density at radius 2 is 1.35 bits per heavy atom. The molecule has 1 aliphatic carbocycles. The fraction of sp³-hybridized carbons (Fsp3) is 0.565. The fourth-order valence-corrected chi connectivity index (χ4v) is 8.51. The van der Waals surface area contributed by atoms with Crippen molar-refractivity contribution in [1.29, 1.82) is 0 Å². The van der Waals surface area contributed by atoms with Crippen LogP contribution < -0.4 is 28.4 Å². The lowest BCUT2D eigenvalue weighted by Crippen LogP contribution is -2.51. The van der Waals surface area contributed by atoms with Crippen LogP contribution >= 0.6 is 0 Å². The largest absolute Gasteiger partial charge is 0.494 e. The number of benzene rings is 3. The highest BCUT2D eigenvalue weighted by Crippen LogP contribution is 2.45. The van der Waals surface area contributed by atoms with E-state index in [2.05, 4.69) is 0 Å². The molecule has 11 nitrogen and oxygen atoms in total. The molecule has 3 atom stereocenters. The minimum absolute atomic E-state index is 0.0507. The molecule has 3 heterocycles. The van der Waals surface area contributed by atoms with Gasteiger partial charge in [-0.3, -0.25) is 4.79 Å². The van der Waals surface area contributed by atoms with Gasteiger partial charge in [0, 0.05) is 26.2 Å². The second kappa shape index (κ2) is 21.2. The summed E-state index contributed by atoms with van der Waals surface area (Å²) in [6, 6.07) is 16.8. The van der Waals surface area contributed by atoms with Gasteiger partial charge in [0.2, 0.25) is 11.7 Å². The predicted molar refractivity (Wildman–Crippen MR) is 217 cm³/mol. The third-order valence-electron chi connectivity index (χ3n) is 11.5. The van der Waals surface area contributed by atoms with Crippen LogP contribution in [0, 0.1) is 5.92 Å². The Hall–Kier alpha value is -4.64. The van der Waals surface area contributed by atoms with Gasteiger partial charge in [-0.15, -0.1) is 0 Å². The van der Waals surface area contributed by atoms with Gasteiger partial charge < -0.3 is 42.8 Å². The zero-order valence-electron chi connectivity index (χ0n) is 34.3. The van der Waals surface area contributed by atoms with Crippen molar-refractivity contribution in [3.8, 4) is 34.5 Å². The second-order valence-electron chi connectivity index (χ2n) is 15.3. The number of hydrogen-bond acceptors (Lipinski definition) is 10. The summed E-state index contributed by atoms with van der Waals surface area (Å²) < 4.78 is 47.6. The van der Waals surface area contributed by atoms with Crippen LogP contribution in [0.25, 0.3) is 0 Å². The molecule has 4 aliphatic rings. The van der Waals surface area contributed by atoms with Crippen LogP contribution in [0.5, 0.6) is 34.5 Å². The number of nitrogens with zero attached hydrogens (tertiary/aromatic N) is 1. The van der Waals surface area contributed by atoms with Gasteiger partial charge in [0.05, 0.1) is 47.6 Å². The van der Waals surface area contributed by atoms with Crippen LogP contribution in [0.3, 0.4) is 0 Å². The summed E-state index contributed by atoms with van der Waals surface area (Å²) in [5.41, 5.74) is 2.68. The van der Waals surface area contributed by atoms with Gasteiger partial charge in [0.15, 0.2) is 23.0 Å². The number of methoxy groups -OCH3 is 4. The molecule has 0 spiro atoms. The molecule has 1 amide bonds. The number of carbonyl (C=O) groups is 2. The summed E-state index contributed by atoms with van der Waals surface area (Å²) in [4.78, 5) is 31.5. The van der Waals surface area contributed by atoms with Crippen LogP contribution in [-0.2, 0) is 25.5 Å². The van der Waals surface area contributed by atoms with E-state index >= 15 is 4.79 Å². The smallest absolute Gasteiger partial charge is 0.329 e. The monoisotopic (exact) mass is 787 g/mol. The first-order valence-electron chi connectivity index (χ1n) is 20.8. The molecule has 0 radical (unpaired) electrons. The van der Waals surface area contributed by atoms with Crippen LogP contribution in [0.4, 0.5) is 0 Å². The van der Waals surface area contributed by atoms with Crippen molar-refractivity contribution in [2.24, 2.45) is 5.92 Å². The van der Waals surface area contributed by atoms with E-state index < -0.39 is 18.1 Å². The minimum atomic E-state index is -0.709. The topological polar surface area (TPSA) is 111 Å². The fourth-order valence-electron chi connectivity index (χ4n) is 8.51. The zero-order valence-corrected chi connectivity index (χ0v) is 34.3. The molecule has 0 unspecified atom stereocenters. The van der Waals surface area contributed by atoms with Crippen molar-refractivity contribution in [3.05, 3.63) is 71.3 Å². The van der Waals surface area contributed by atoms with E-state index in [1.807, 2.05) is 54.6 Å². The van der Waals surface area contributed by atoms with Gasteiger partial charge in [0.25, 0.3) is 0 Å². The minimum Gasteiger partial charge on any atom is -0.494 e. The number of aryl methyl sites for hydroxylation is 1. The number of carbonyl (C=O) groups excluding carboxylic acids is 2. The first-order chi connectivity index (χ1) is 27.9. The average Bonchev–Trinajstić information content (AvgIpc) is 3.25. The van der Waals surface area contributed by atoms with Crippen molar-refractivity contribution < 1.29 is 47.5 Å². The normalized spacial score (nSPS) is 21.9. The Balaban J connectivity index is 1.34. The van der Waals surface area contributed by atoms with Crippen molar-refractivity contribution >= 4 is 11.9 Å². The summed E-state index contributed by atoms with van der Waals surface area (Å²) in [6.07, 6.45) is 10.2. The second-order valence-corrected chi connectivity index (χ2v) is 15.3. The van der Waals surface area contributed by atoms with E-state index in [1.165, 1.54) is 0 Å². The van der Waals surface area contributed by atoms with Crippen molar-refractivity contribution in [2.45, 2.75) is 102 Å². The predicted octanol–water partition coefficient (Wildman–Crippen LogP) is 8.64. The number of esters is 1. The van der Waals surface area contributed by atoms with Gasteiger partial charge in [-0.2, -0.15) is 0 Å². The first kappa shape index (κ1) is 42.0. The Morgan fingerprint density at radius 3 is 2.11 bits per heavy atom. The highest BCUT2D eigenvalue weighted by molar-refractivity contribution is 5.89. The van der Waals surface area contributed by atoms with E-state index in [1.54, 1.807) is 33.3 Å². The molecule has 310 valence electrons. The molecule has 57 heavy (non-hydrogen) atoms. The quantitative estimate of drug-likeness (QED) is 0.206. The van der Waals surface area contributed by atoms with Crippen LogP contribution in [0.1, 0.15) is 106 Å². The first-order valence-corrected chi connectivity index (χ1v) is 20.8. The third-order valence-corrected chi connectivity index (χ3v) is 11.5. The maximum atomic E-state index is 15.1. The molecular formula is C46H61NO10. The standard InChI is InChI=1S/C46H61NO10/c1-50-39-22-20-32(28-40(39)51-2)19-21-38-34-16-12-17-36(29-34)55-26-11-10-24-54-25-13-27-56-44-41(52-3)30-35(31-42(44)53-4)43(33-14-6-5-7-15-33)45(48)47-23-9-8-18-37(47)46(49)57-38/h12,16-17,20,22,28-31,33,37-38,43H,5-11,13-15,18-19,21,23-27H2,1-4H3/t37-,38+,43-/m0/s1. The molecule has 2 fully saturated rings. The Kier molecular flexibility index (Phi) is 15.6. The number of hydrogen-bond donors (Lipinski definition) is 0. The maximum absolute atomic E-state index is 15.1. The number of piperidine rings is 1. The number of rotatable bonds is 8. The number of amides is 1. The van der Waals surface area contributed by atoms with Crippen molar-refractivity contribution in [3.63, 3.8) is 0 Å². The molecule has 11 heteroatoms. The zero-order chi connectivity index (χ0) is 40.0. The van der Waals surface area contributed by atoms with Gasteiger partial charge in [-0.25, -0.2) is 4.79 Å². The van der Waals surface area contributed by atoms with E-state index in [0.29, 0.717) is 93.2 Å². The van der Waals surface area contributed by atoms with Crippen LogP contribution in [0.15, 0.2) is 54.6 Å². The summed E-state index contributed by atoms with van der Waals surface area (Å²) in [7, 11) is 6.45. The maximum Gasteiger partial charge on any atom is 0.329 e. The van der Waals surface area contributed by atoms with Crippen LogP contribution in [-0.4, -0.2) is 84.2 Å². The van der Waals surface area contributed by atoms with E-state index in [-0.39, 0.29) is 17.8 Å². The van der Waals surface area contributed by atoms with Crippen molar-refractivity contribution in [2.75, 3.05) is 61.4 Å². The lowest BCUT2D eigenvalue weighted by atomic mass is 9.75. The van der Waals surface area contributed by atoms with Gasteiger partial charge in [0.1, 0.15) is 17.9 Å². The lowest BCUT2D eigenvalue weighted by molar-refractivity contribution is -0.163. The summed E-state index contributed by atoms with van der Waals surface area (Å²) in [5, 5.41) is 0. The molecule has 3 aromatic carbocycles. The highest BCUT2D eigenvalue weighted by atomic mass is 16.6. The third kappa shape index (κ3) is 10.9. The summed E-state index contributed by atoms with van der Waals surface area (Å²) in [5.74, 6) is 2.74. The molecular weight excluding hydrogens is 727 g/mol. The average molecular weight is 788 g/mol. The number of ether oxygens (including phenoxy) is 8. The Bertz CT molecular complexity index is 1730. The molecule has 0 aromatic heterocycles. The molecule has 3 aromatic rings. The molecule has 7 rings (SSSR count). The van der Waals surface area contributed by atoms with Gasteiger partial charge in [-0.1, -0.05) is 37.5 Å². The molecule has 4 bridgehead atoms. The van der Waals surface area contributed by atoms with Crippen molar-refractivity contribution in [1.82, 2.24) is 4.90 Å². The van der Waals surface area contributed by atoms with E-state index in [9.17, 15) is 4.79 Å². The van der Waals surface area contributed by atoms with Crippen LogP contribution in [0.2, 0.25) is 0 Å². The van der Waals surface area contributed by atoms with Gasteiger partial charge in [-0.05, 0) is 117 Å². The molecule has 1 saturated heterocycles. The Morgan fingerprint density at radius 1 is 0.649 bits per heavy atom. The summed E-state index contributed by atoms with van der Waals surface area (Å²) in [6.45, 7) is 2.61. The Labute approximate surface area is 338 Å². The molecule has 1 saturated carbocycles. The van der Waals surface area contributed by atoms with Gasteiger partial charge >= 0.3 is 5.97 Å². The highest BCUT2D eigenvalue weighted by Gasteiger charge is 2.41. The molecule has 3 aliphatic heterocycles. The SMILES string of the molecule is COc1ccc(CC[C@H]2OC(=O)[C@@H]3CCCCN3C(=O)[C@@H](C3CCCCC3)c3cc(OC)c(c(OC)c3)OCCCOCCCCOc3cccc2c3)cc1OC. The molecule has 0 N–H and O–H groups in total. The van der Waals surface area contributed by atoms with E-state index in [4.69, 9.17) is 37.9 Å².